The molecule has 0 heterocycles. The first-order valence-electron chi connectivity index (χ1n) is 6.80. The quantitative estimate of drug-likeness (QED) is 0.879. The van der Waals surface area contributed by atoms with Crippen LogP contribution in [0.5, 0.6) is 5.75 Å². The van der Waals surface area contributed by atoms with Crippen molar-refractivity contribution in [1.82, 2.24) is 5.32 Å². The lowest BCUT2D eigenvalue weighted by atomic mass is 10.0. The number of methoxy groups -OCH3 is 1. The van der Waals surface area contributed by atoms with Crippen LogP contribution in [0.3, 0.4) is 0 Å². The summed E-state index contributed by atoms with van der Waals surface area (Å²) >= 11 is 0. The molecule has 2 nitrogen and oxygen atoms in total. The molecule has 0 amide bonds. The van der Waals surface area contributed by atoms with Crippen LogP contribution in [0.1, 0.15) is 44.2 Å². The minimum Gasteiger partial charge on any atom is -0.496 e. The molecule has 0 aromatic heterocycles. The zero-order valence-electron chi connectivity index (χ0n) is 12.2. The summed E-state index contributed by atoms with van der Waals surface area (Å²) in [5.74, 6) is 2.53. The number of ether oxygens (including phenoxy) is 1. The van der Waals surface area contributed by atoms with E-state index in [9.17, 15) is 0 Å². The second-order valence-corrected chi connectivity index (χ2v) is 6.46. The molecule has 1 fully saturated rings. The van der Waals surface area contributed by atoms with E-state index in [1.807, 2.05) is 0 Å². The normalized spacial score (nSPS) is 22.9. The molecule has 0 bridgehead atoms. The molecular weight excluding hydrogens is 222 g/mol. The number of hydrogen-bond donors (Lipinski definition) is 1. The maximum atomic E-state index is 5.31. The molecule has 1 aromatic carbocycles. The number of hydrogen-bond acceptors (Lipinski definition) is 2. The highest BCUT2D eigenvalue weighted by Crippen LogP contribution is 2.47. The van der Waals surface area contributed by atoms with Crippen LogP contribution in [0, 0.1) is 12.8 Å². The van der Waals surface area contributed by atoms with E-state index in [2.05, 4.69) is 51.2 Å². The van der Waals surface area contributed by atoms with Gasteiger partial charge in [-0.25, -0.2) is 0 Å². The number of benzene rings is 1. The van der Waals surface area contributed by atoms with Crippen LogP contribution in [-0.2, 0) is 0 Å². The molecular formula is C16H25NO. The maximum Gasteiger partial charge on any atom is 0.121 e. The molecule has 100 valence electrons. The second-order valence-electron chi connectivity index (χ2n) is 6.46. The number of nitrogens with one attached hydrogen (secondary N) is 1. The first-order chi connectivity index (χ1) is 8.40. The minimum absolute atomic E-state index is 0.225. The summed E-state index contributed by atoms with van der Waals surface area (Å²) in [4.78, 5) is 0. The van der Waals surface area contributed by atoms with Crippen molar-refractivity contribution in [1.29, 1.82) is 0 Å². The van der Waals surface area contributed by atoms with Crippen molar-refractivity contribution in [2.45, 2.75) is 45.6 Å². The van der Waals surface area contributed by atoms with Gasteiger partial charge >= 0.3 is 0 Å². The van der Waals surface area contributed by atoms with Gasteiger partial charge in [-0.2, -0.15) is 0 Å². The van der Waals surface area contributed by atoms with Gasteiger partial charge in [0, 0.05) is 5.54 Å². The molecule has 0 aliphatic heterocycles. The van der Waals surface area contributed by atoms with E-state index in [1.54, 1.807) is 7.11 Å². The van der Waals surface area contributed by atoms with Crippen LogP contribution < -0.4 is 10.1 Å². The SMILES string of the molecule is COc1ccc(C2CC2CNC(C)(C)C)cc1C. The molecule has 2 unspecified atom stereocenters. The smallest absolute Gasteiger partial charge is 0.121 e. The highest BCUT2D eigenvalue weighted by molar-refractivity contribution is 5.39. The molecule has 0 radical (unpaired) electrons. The van der Waals surface area contributed by atoms with Gasteiger partial charge in [0.25, 0.3) is 0 Å². The number of aryl methyl sites for hydroxylation is 1. The largest absolute Gasteiger partial charge is 0.496 e. The van der Waals surface area contributed by atoms with Crippen molar-refractivity contribution < 1.29 is 4.74 Å². The maximum absolute atomic E-state index is 5.31. The summed E-state index contributed by atoms with van der Waals surface area (Å²) in [6.07, 6.45) is 1.31. The fourth-order valence-corrected chi connectivity index (χ4v) is 2.45. The third-order valence-electron chi connectivity index (χ3n) is 3.66. The average Bonchev–Trinajstić information content (AvgIpc) is 3.04. The summed E-state index contributed by atoms with van der Waals surface area (Å²) in [5.41, 5.74) is 2.93. The lowest BCUT2D eigenvalue weighted by molar-refractivity contribution is 0.411. The summed E-state index contributed by atoms with van der Waals surface area (Å²) < 4.78 is 5.31. The van der Waals surface area contributed by atoms with E-state index in [4.69, 9.17) is 4.74 Å². The van der Waals surface area contributed by atoms with Crippen molar-refractivity contribution >= 4 is 0 Å². The third kappa shape index (κ3) is 3.26. The summed E-state index contributed by atoms with van der Waals surface area (Å²) in [7, 11) is 1.73. The Balaban J connectivity index is 1.93. The summed E-state index contributed by atoms with van der Waals surface area (Å²) in [5, 5.41) is 3.60. The van der Waals surface area contributed by atoms with Gasteiger partial charge in [0.2, 0.25) is 0 Å². The average molecular weight is 247 g/mol. The first kappa shape index (κ1) is 13.4. The lowest BCUT2D eigenvalue weighted by Crippen LogP contribution is -2.37. The van der Waals surface area contributed by atoms with Gasteiger partial charge in [-0.3, -0.25) is 0 Å². The van der Waals surface area contributed by atoms with Gasteiger partial charge in [-0.05, 0) is 69.7 Å². The van der Waals surface area contributed by atoms with Crippen LogP contribution >= 0.6 is 0 Å². The Labute approximate surface area is 111 Å². The predicted molar refractivity (Wildman–Crippen MR) is 76.3 cm³/mol. The minimum atomic E-state index is 0.225. The molecule has 1 aliphatic rings. The third-order valence-corrected chi connectivity index (χ3v) is 3.66. The van der Waals surface area contributed by atoms with E-state index in [-0.39, 0.29) is 5.54 Å². The van der Waals surface area contributed by atoms with Crippen LogP contribution in [0.4, 0.5) is 0 Å². The fraction of sp³-hybridized carbons (Fsp3) is 0.625. The monoisotopic (exact) mass is 247 g/mol. The van der Waals surface area contributed by atoms with Crippen LogP contribution in [0.2, 0.25) is 0 Å². The first-order valence-corrected chi connectivity index (χ1v) is 6.80. The topological polar surface area (TPSA) is 21.3 Å². The Morgan fingerprint density at radius 3 is 2.61 bits per heavy atom. The molecule has 2 rings (SSSR count). The fourth-order valence-electron chi connectivity index (χ4n) is 2.45. The Morgan fingerprint density at radius 1 is 1.33 bits per heavy atom. The van der Waals surface area contributed by atoms with Crippen molar-refractivity contribution in [3.63, 3.8) is 0 Å². The zero-order chi connectivity index (χ0) is 13.3. The van der Waals surface area contributed by atoms with Crippen molar-refractivity contribution in [3.05, 3.63) is 29.3 Å². The molecule has 0 spiro atoms. The van der Waals surface area contributed by atoms with Gasteiger partial charge in [-0.1, -0.05) is 12.1 Å². The molecule has 1 saturated carbocycles. The van der Waals surface area contributed by atoms with Gasteiger partial charge < -0.3 is 10.1 Å². The molecule has 2 heteroatoms. The Morgan fingerprint density at radius 2 is 2.06 bits per heavy atom. The molecule has 1 aliphatic carbocycles. The van der Waals surface area contributed by atoms with Gasteiger partial charge in [0.15, 0.2) is 0 Å². The van der Waals surface area contributed by atoms with Crippen molar-refractivity contribution in [2.24, 2.45) is 5.92 Å². The lowest BCUT2D eigenvalue weighted by Gasteiger charge is -2.20. The van der Waals surface area contributed by atoms with Crippen LogP contribution in [0.15, 0.2) is 18.2 Å². The van der Waals surface area contributed by atoms with E-state index >= 15 is 0 Å². The van der Waals surface area contributed by atoms with E-state index < -0.39 is 0 Å². The zero-order valence-corrected chi connectivity index (χ0v) is 12.2. The van der Waals surface area contributed by atoms with E-state index in [0.717, 1.165) is 24.1 Å². The molecule has 1 N–H and O–H groups in total. The van der Waals surface area contributed by atoms with Crippen LogP contribution in [0.25, 0.3) is 0 Å². The molecule has 0 saturated heterocycles. The van der Waals surface area contributed by atoms with Crippen molar-refractivity contribution in [3.8, 4) is 5.75 Å². The second kappa shape index (κ2) is 4.93. The summed E-state index contributed by atoms with van der Waals surface area (Å²) in [6.45, 7) is 9.91. The Bertz CT molecular complexity index is 420. The highest BCUT2D eigenvalue weighted by atomic mass is 16.5. The standard InChI is InChI=1S/C16H25NO/c1-11-8-12(6-7-15(11)18-5)14-9-13(14)10-17-16(2,3)4/h6-8,13-14,17H,9-10H2,1-5H3. The summed E-state index contributed by atoms with van der Waals surface area (Å²) in [6, 6.07) is 6.59. The van der Waals surface area contributed by atoms with Crippen LogP contribution in [-0.4, -0.2) is 19.2 Å². The molecule has 1 aromatic rings. The Hall–Kier alpha value is -1.02. The predicted octanol–water partition coefficient (Wildman–Crippen LogP) is 3.50. The molecule has 18 heavy (non-hydrogen) atoms. The van der Waals surface area contributed by atoms with Crippen molar-refractivity contribution in [2.75, 3.05) is 13.7 Å². The van der Waals surface area contributed by atoms with Gasteiger partial charge in [0.1, 0.15) is 5.75 Å². The Kier molecular flexibility index (Phi) is 3.67. The molecule has 2 atom stereocenters. The van der Waals surface area contributed by atoms with Gasteiger partial charge in [0.05, 0.1) is 7.11 Å². The number of rotatable bonds is 4. The highest BCUT2D eigenvalue weighted by Gasteiger charge is 2.38. The van der Waals surface area contributed by atoms with E-state index in [1.165, 1.54) is 17.5 Å². The van der Waals surface area contributed by atoms with E-state index in [0.29, 0.717) is 0 Å². The van der Waals surface area contributed by atoms with Gasteiger partial charge in [-0.15, -0.1) is 0 Å².